The van der Waals surface area contributed by atoms with Crippen molar-refractivity contribution in [3.8, 4) is 5.75 Å². The van der Waals surface area contributed by atoms with Crippen LogP contribution in [0.25, 0.3) is 11.0 Å². The molecule has 1 heterocycles. The van der Waals surface area contributed by atoms with Crippen molar-refractivity contribution < 1.29 is 19.7 Å². The third kappa shape index (κ3) is 3.45. The first-order chi connectivity index (χ1) is 13.4. The van der Waals surface area contributed by atoms with E-state index in [1.807, 2.05) is 45.0 Å². The van der Waals surface area contributed by atoms with E-state index in [0.29, 0.717) is 17.8 Å². The minimum atomic E-state index is -0.896. The molecule has 2 aromatic carbocycles. The second kappa shape index (κ2) is 7.98. The Bertz CT molecular complexity index is 1030. The van der Waals surface area contributed by atoms with Crippen LogP contribution in [-0.4, -0.2) is 38.3 Å². The van der Waals surface area contributed by atoms with Gasteiger partial charge in [0.05, 0.1) is 20.1 Å². The van der Waals surface area contributed by atoms with Gasteiger partial charge >= 0.3 is 5.97 Å². The topological polar surface area (TPSA) is 97.5 Å². The van der Waals surface area contributed by atoms with Gasteiger partial charge in [0.2, 0.25) is 0 Å². The quantitative estimate of drug-likeness (QED) is 0.650. The molecule has 3 aromatic rings. The number of carbonyl (C=O) groups is 1. The van der Waals surface area contributed by atoms with Crippen molar-refractivity contribution in [2.45, 2.75) is 46.3 Å². The van der Waals surface area contributed by atoms with Crippen LogP contribution in [-0.2, 0) is 17.9 Å². The van der Waals surface area contributed by atoms with Gasteiger partial charge in [-0.25, -0.2) is 4.68 Å². The van der Waals surface area contributed by atoms with Crippen molar-refractivity contribution in [2.24, 2.45) is 0 Å². The molecule has 3 rings (SSSR count). The Labute approximate surface area is 163 Å². The number of ether oxygens (including phenoxy) is 1. The molecular weight excluding hydrogens is 358 g/mol. The SMILES string of the molecule is CCn1nnc2c(C)c([C@@H](CC(=O)O)c3ccc(C)c(CO)c3)cc(OC)c21. The summed E-state index contributed by atoms with van der Waals surface area (Å²) in [6.07, 6.45) is -0.0780. The summed E-state index contributed by atoms with van der Waals surface area (Å²) in [5.74, 6) is -0.674. The van der Waals surface area contributed by atoms with E-state index in [1.165, 1.54) is 0 Å². The van der Waals surface area contributed by atoms with Crippen LogP contribution in [0.15, 0.2) is 24.3 Å². The summed E-state index contributed by atoms with van der Waals surface area (Å²) in [6.45, 7) is 6.40. The Morgan fingerprint density at radius 2 is 2.04 bits per heavy atom. The molecule has 0 spiro atoms. The molecule has 0 saturated carbocycles. The van der Waals surface area contributed by atoms with E-state index in [0.717, 1.165) is 33.3 Å². The fourth-order valence-corrected chi connectivity index (χ4v) is 3.66. The summed E-state index contributed by atoms with van der Waals surface area (Å²) in [5.41, 5.74) is 5.83. The summed E-state index contributed by atoms with van der Waals surface area (Å²) in [5, 5.41) is 27.7. The number of hydrogen-bond acceptors (Lipinski definition) is 5. The Morgan fingerprint density at radius 3 is 2.64 bits per heavy atom. The Hall–Kier alpha value is -2.93. The van der Waals surface area contributed by atoms with Gasteiger partial charge in [-0.1, -0.05) is 23.4 Å². The smallest absolute Gasteiger partial charge is 0.304 e. The zero-order valence-electron chi connectivity index (χ0n) is 16.6. The third-order valence-corrected chi connectivity index (χ3v) is 5.26. The fourth-order valence-electron chi connectivity index (χ4n) is 3.66. The van der Waals surface area contributed by atoms with Crippen LogP contribution in [0.4, 0.5) is 0 Å². The van der Waals surface area contributed by atoms with Crippen molar-refractivity contribution in [2.75, 3.05) is 7.11 Å². The number of carboxylic acid groups (broad SMARTS) is 1. The zero-order valence-corrected chi connectivity index (χ0v) is 16.6. The second-order valence-electron chi connectivity index (χ2n) is 6.89. The highest BCUT2D eigenvalue weighted by Crippen LogP contribution is 2.38. The molecule has 0 bridgehead atoms. The lowest BCUT2D eigenvalue weighted by Gasteiger charge is -2.21. The standard InChI is InChI=1S/C21H25N3O4/c1-5-24-21-18(28-4)9-16(13(3)20(21)22-23-24)17(10-19(26)27)14-7-6-12(2)15(8-14)11-25/h6-9,17,25H,5,10-11H2,1-4H3,(H,26,27)/t17-/m0/s1. The zero-order chi connectivity index (χ0) is 20.4. The van der Waals surface area contributed by atoms with Crippen LogP contribution in [0, 0.1) is 13.8 Å². The molecule has 0 aliphatic rings. The molecule has 28 heavy (non-hydrogen) atoms. The molecule has 0 aliphatic carbocycles. The number of hydrogen-bond donors (Lipinski definition) is 2. The molecule has 2 N–H and O–H groups in total. The minimum Gasteiger partial charge on any atom is -0.494 e. The number of methoxy groups -OCH3 is 1. The number of aliphatic carboxylic acids is 1. The van der Waals surface area contributed by atoms with Crippen LogP contribution in [0.3, 0.4) is 0 Å². The highest BCUT2D eigenvalue weighted by molar-refractivity contribution is 5.86. The van der Waals surface area contributed by atoms with Crippen molar-refractivity contribution in [1.29, 1.82) is 0 Å². The molecular formula is C21H25N3O4. The van der Waals surface area contributed by atoms with Crippen molar-refractivity contribution in [3.05, 3.63) is 52.1 Å². The van der Waals surface area contributed by atoms with Gasteiger partial charge < -0.3 is 14.9 Å². The predicted molar refractivity (Wildman–Crippen MR) is 106 cm³/mol. The second-order valence-corrected chi connectivity index (χ2v) is 6.89. The highest BCUT2D eigenvalue weighted by atomic mass is 16.5. The van der Waals surface area contributed by atoms with Crippen LogP contribution in [0.2, 0.25) is 0 Å². The van der Waals surface area contributed by atoms with Crippen molar-refractivity contribution in [1.82, 2.24) is 15.0 Å². The summed E-state index contributed by atoms with van der Waals surface area (Å²) in [6, 6.07) is 7.59. The molecule has 0 unspecified atom stereocenters. The van der Waals surface area contributed by atoms with Gasteiger partial charge in [-0.05, 0) is 54.7 Å². The van der Waals surface area contributed by atoms with Crippen LogP contribution >= 0.6 is 0 Å². The molecule has 1 atom stereocenters. The average molecular weight is 383 g/mol. The van der Waals surface area contributed by atoms with Crippen LogP contribution in [0.5, 0.6) is 5.75 Å². The van der Waals surface area contributed by atoms with E-state index >= 15 is 0 Å². The number of nitrogens with zero attached hydrogens (tertiary/aromatic N) is 3. The maximum absolute atomic E-state index is 11.6. The number of aliphatic hydroxyl groups is 1. The normalized spacial score (nSPS) is 12.3. The van der Waals surface area contributed by atoms with Crippen LogP contribution in [0.1, 0.15) is 47.1 Å². The van der Waals surface area contributed by atoms with E-state index in [1.54, 1.807) is 11.8 Å². The molecule has 148 valence electrons. The number of fused-ring (bicyclic) bond motifs is 1. The molecule has 7 nitrogen and oxygen atoms in total. The van der Waals surface area contributed by atoms with Gasteiger partial charge in [0, 0.05) is 12.5 Å². The van der Waals surface area contributed by atoms with Gasteiger partial charge in [-0.15, -0.1) is 5.10 Å². The molecule has 0 saturated heterocycles. The highest BCUT2D eigenvalue weighted by Gasteiger charge is 2.25. The fraction of sp³-hybridized carbons (Fsp3) is 0.381. The van der Waals surface area contributed by atoms with Gasteiger partial charge in [-0.3, -0.25) is 4.79 Å². The summed E-state index contributed by atoms with van der Waals surface area (Å²) >= 11 is 0. The first-order valence-electron chi connectivity index (χ1n) is 9.23. The van der Waals surface area contributed by atoms with E-state index in [-0.39, 0.29) is 13.0 Å². The number of aryl methyl sites for hydroxylation is 3. The Kier molecular flexibility index (Phi) is 5.65. The molecule has 0 amide bonds. The van der Waals surface area contributed by atoms with Crippen LogP contribution < -0.4 is 4.74 Å². The largest absolute Gasteiger partial charge is 0.494 e. The van der Waals surface area contributed by atoms with Gasteiger partial charge in [-0.2, -0.15) is 0 Å². The summed E-state index contributed by atoms with van der Waals surface area (Å²) in [7, 11) is 1.59. The van der Waals surface area contributed by atoms with E-state index in [2.05, 4.69) is 10.3 Å². The maximum atomic E-state index is 11.6. The number of aromatic nitrogens is 3. The van der Waals surface area contributed by atoms with Gasteiger partial charge in [0.15, 0.2) is 0 Å². The molecule has 0 radical (unpaired) electrons. The minimum absolute atomic E-state index is 0.0780. The van der Waals surface area contributed by atoms with E-state index < -0.39 is 11.9 Å². The average Bonchev–Trinajstić information content (AvgIpc) is 3.12. The molecule has 1 aromatic heterocycles. The first-order valence-corrected chi connectivity index (χ1v) is 9.23. The first kappa shape index (κ1) is 19.8. The van der Waals surface area contributed by atoms with Gasteiger partial charge in [0.1, 0.15) is 16.8 Å². The van der Waals surface area contributed by atoms with E-state index in [9.17, 15) is 15.0 Å². The monoisotopic (exact) mass is 383 g/mol. The molecule has 7 heteroatoms. The number of benzene rings is 2. The predicted octanol–water partition coefficient (Wildman–Crippen LogP) is 3.18. The Morgan fingerprint density at radius 1 is 1.29 bits per heavy atom. The van der Waals surface area contributed by atoms with Crippen molar-refractivity contribution in [3.63, 3.8) is 0 Å². The summed E-state index contributed by atoms with van der Waals surface area (Å²) in [4.78, 5) is 11.6. The summed E-state index contributed by atoms with van der Waals surface area (Å²) < 4.78 is 7.36. The number of carboxylic acids is 1. The Balaban J connectivity index is 2.25. The van der Waals surface area contributed by atoms with Crippen molar-refractivity contribution >= 4 is 17.0 Å². The molecule has 0 aliphatic heterocycles. The number of aliphatic hydroxyl groups excluding tert-OH is 1. The lowest BCUT2D eigenvalue weighted by atomic mass is 9.84. The molecule has 0 fully saturated rings. The number of rotatable bonds is 7. The van der Waals surface area contributed by atoms with Gasteiger partial charge in [0.25, 0.3) is 0 Å². The lowest BCUT2D eigenvalue weighted by Crippen LogP contribution is -2.11. The lowest BCUT2D eigenvalue weighted by molar-refractivity contribution is -0.137. The third-order valence-electron chi connectivity index (χ3n) is 5.26. The maximum Gasteiger partial charge on any atom is 0.304 e. The van der Waals surface area contributed by atoms with E-state index in [4.69, 9.17) is 4.74 Å².